The molecule has 1 amide bonds. The molecule has 0 spiro atoms. The van der Waals surface area contributed by atoms with Crippen molar-refractivity contribution in [3.05, 3.63) is 65.5 Å². The second-order valence-electron chi connectivity index (χ2n) is 6.64. The Labute approximate surface area is 167 Å². The molecule has 144 valence electrons. The standard InChI is InChI=1S/C20H21N5O2S/c1-12-5-4-6-15(11-12)21-19(26)18-17(14-7-9-16(27-3)10-8-14)24-25-13(2)22-23-20(25)28-18/h4-11,17-18,24H,1-3H3,(H,21,26)/t17-,18-/m0/s1. The Morgan fingerprint density at radius 1 is 1.18 bits per heavy atom. The van der Waals surface area contributed by atoms with Crippen molar-refractivity contribution in [3.63, 3.8) is 0 Å². The second kappa shape index (κ2) is 7.55. The summed E-state index contributed by atoms with van der Waals surface area (Å²) in [6.07, 6.45) is 0. The number of hydrogen-bond donors (Lipinski definition) is 2. The summed E-state index contributed by atoms with van der Waals surface area (Å²) in [5.41, 5.74) is 6.25. The summed E-state index contributed by atoms with van der Waals surface area (Å²) < 4.78 is 7.08. The Kier molecular flexibility index (Phi) is 4.95. The molecule has 0 bridgehead atoms. The Bertz CT molecular complexity index is 1000. The van der Waals surface area contributed by atoms with Crippen LogP contribution in [0.4, 0.5) is 5.69 Å². The van der Waals surface area contributed by atoms with Crippen LogP contribution in [-0.4, -0.2) is 33.1 Å². The molecule has 0 aliphatic carbocycles. The maximum Gasteiger partial charge on any atom is 0.240 e. The molecule has 0 radical (unpaired) electrons. The van der Waals surface area contributed by atoms with Gasteiger partial charge in [-0.3, -0.25) is 4.79 Å². The topological polar surface area (TPSA) is 81.1 Å². The first-order chi connectivity index (χ1) is 13.5. The number of carbonyl (C=O) groups excluding carboxylic acids is 1. The SMILES string of the molecule is COc1ccc([C@@H]2Nn3c(C)nnc3S[C@@H]2C(=O)Nc2cccc(C)c2)cc1. The van der Waals surface area contributed by atoms with E-state index >= 15 is 0 Å². The summed E-state index contributed by atoms with van der Waals surface area (Å²) in [5.74, 6) is 1.43. The van der Waals surface area contributed by atoms with Gasteiger partial charge in [0.25, 0.3) is 0 Å². The van der Waals surface area contributed by atoms with Gasteiger partial charge in [-0.05, 0) is 49.2 Å². The lowest BCUT2D eigenvalue weighted by atomic mass is 10.0. The van der Waals surface area contributed by atoms with E-state index in [9.17, 15) is 4.79 Å². The third-order valence-electron chi connectivity index (χ3n) is 4.62. The maximum atomic E-state index is 13.1. The van der Waals surface area contributed by atoms with Crippen LogP contribution in [0.15, 0.2) is 53.7 Å². The van der Waals surface area contributed by atoms with E-state index < -0.39 is 5.25 Å². The largest absolute Gasteiger partial charge is 0.497 e. The minimum Gasteiger partial charge on any atom is -0.497 e. The average Bonchev–Trinajstić information content (AvgIpc) is 3.07. The minimum atomic E-state index is -0.412. The molecular weight excluding hydrogens is 374 g/mol. The molecule has 1 aliphatic rings. The van der Waals surface area contributed by atoms with Crippen LogP contribution in [0.5, 0.6) is 5.75 Å². The van der Waals surface area contributed by atoms with Crippen molar-refractivity contribution in [3.8, 4) is 5.75 Å². The molecule has 0 unspecified atom stereocenters. The zero-order valence-electron chi connectivity index (χ0n) is 15.8. The van der Waals surface area contributed by atoms with Gasteiger partial charge < -0.3 is 15.5 Å². The Hall–Kier alpha value is -3.00. The van der Waals surface area contributed by atoms with Crippen molar-refractivity contribution in [1.82, 2.24) is 14.9 Å². The maximum absolute atomic E-state index is 13.1. The van der Waals surface area contributed by atoms with Crippen molar-refractivity contribution in [2.75, 3.05) is 17.9 Å². The van der Waals surface area contributed by atoms with E-state index in [-0.39, 0.29) is 11.9 Å². The van der Waals surface area contributed by atoms with Gasteiger partial charge in [0.15, 0.2) is 0 Å². The summed E-state index contributed by atoms with van der Waals surface area (Å²) in [5, 5.41) is 11.6. The summed E-state index contributed by atoms with van der Waals surface area (Å²) in [7, 11) is 1.63. The van der Waals surface area contributed by atoms with Gasteiger partial charge in [0, 0.05) is 5.69 Å². The zero-order chi connectivity index (χ0) is 19.7. The molecule has 1 aromatic heterocycles. The van der Waals surface area contributed by atoms with E-state index in [0.717, 1.165) is 28.4 Å². The number of nitrogens with one attached hydrogen (secondary N) is 2. The van der Waals surface area contributed by atoms with Gasteiger partial charge in [0.1, 0.15) is 16.8 Å². The molecule has 1 aliphatic heterocycles. The molecule has 2 N–H and O–H groups in total. The third-order valence-corrected chi connectivity index (χ3v) is 5.83. The van der Waals surface area contributed by atoms with Gasteiger partial charge in [-0.25, -0.2) is 4.68 Å². The van der Waals surface area contributed by atoms with Gasteiger partial charge in [-0.15, -0.1) is 10.2 Å². The Morgan fingerprint density at radius 2 is 1.96 bits per heavy atom. The number of anilines is 1. The molecule has 0 fully saturated rings. The number of rotatable bonds is 4. The highest BCUT2D eigenvalue weighted by Gasteiger charge is 2.37. The van der Waals surface area contributed by atoms with Crippen molar-refractivity contribution >= 4 is 23.4 Å². The number of benzene rings is 2. The Morgan fingerprint density at radius 3 is 2.68 bits per heavy atom. The van der Waals surface area contributed by atoms with E-state index in [2.05, 4.69) is 20.9 Å². The van der Waals surface area contributed by atoms with Crippen LogP contribution in [0, 0.1) is 13.8 Å². The predicted octanol–water partition coefficient (Wildman–Crippen LogP) is 3.30. The number of aryl methyl sites for hydroxylation is 2. The number of thioether (sulfide) groups is 1. The first-order valence-corrected chi connectivity index (χ1v) is 9.80. The predicted molar refractivity (Wildman–Crippen MR) is 109 cm³/mol. The van der Waals surface area contributed by atoms with Crippen LogP contribution in [0.2, 0.25) is 0 Å². The van der Waals surface area contributed by atoms with Crippen LogP contribution >= 0.6 is 11.8 Å². The third kappa shape index (κ3) is 3.55. The molecule has 3 aromatic rings. The minimum absolute atomic E-state index is 0.0872. The number of aromatic nitrogens is 3. The van der Waals surface area contributed by atoms with Crippen LogP contribution < -0.4 is 15.5 Å². The van der Waals surface area contributed by atoms with Gasteiger partial charge >= 0.3 is 0 Å². The number of carbonyl (C=O) groups is 1. The number of hydrogen-bond acceptors (Lipinski definition) is 6. The quantitative estimate of drug-likeness (QED) is 0.706. The van der Waals surface area contributed by atoms with Gasteiger partial charge in [0.05, 0.1) is 13.2 Å². The highest BCUT2D eigenvalue weighted by molar-refractivity contribution is 8.00. The summed E-state index contributed by atoms with van der Waals surface area (Å²) in [6.45, 7) is 3.88. The molecule has 8 heteroatoms. The first-order valence-electron chi connectivity index (χ1n) is 8.92. The smallest absolute Gasteiger partial charge is 0.240 e. The molecular formula is C20H21N5O2S. The fourth-order valence-corrected chi connectivity index (χ4v) is 4.28. The molecule has 0 saturated carbocycles. The van der Waals surface area contributed by atoms with Crippen molar-refractivity contribution < 1.29 is 9.53 Å². The first kappa shape index (κ1) is 18.4. The van der Waals surface area contributed by atoms with Gasteiger partial charge in [-0.2, -0.15) is 0 Å². The van der Waals surface area contributed by atoms with E-state index in [1.54, 1.807) is 7.11 Å². The Balaban J connectivity index is 1.65. The number of nitrogens with zero attached hydrogens (tertiary/aromatic N) is 3. The second-order valence-corrected chi connectivity index (χ2v) is 7.75. The lowest BCUT2D eigenvalue weighted by Crippen LogP contribution is -2.41. The van der Waals surface area contributed by atoms with Crippen LogP contribution in [0.3, 0.4) is 0 Å². The lowest BCUT2D eigenvalue weighted by Gasteiger charge is -2.32. The van der Waals surface area contributed by atoms with Crippen molar-refractivity contribution in [2.24, 2.45) is 0 Å². The summed E-state index contributed by atoms with van der Waals surface area (Å²) in [6, 6.07) is 15.2. The number of amides is 1. The zero-order valence-corrected chi connectivity index (χ0v) is 16.7. The monoisotopic (exact) mass is 395 g/mol. The fraction of sp³-hybridized carbons (Fsp3) is 0.250. The van der Waals surface area contributed by atoms with Crippen LogP contribution in [-0.2, 0) is 4.79 Å². The molecule has 2 atom stereocenters. The van der Waals surface area contributed by atoms with Gasteiger partial charge in [-0.1, -0.05) is 36.0 Å². The molecule has 0 saturated heterocycles. The van der Waals surface area contributed by atoms with E-state index in [0.29, 0.717) is 5.16 Å². The van der Waals surface area contributed by atoms with Crippen molar-refractivity contribution in [2.45, 2.75) is 30.3 Å². The summed E-state index contributed by atoms with van der Waals surface area (Å²) in [4.78, 5) is 13.1. The van der Waals surface area contributed by atoms with Crippen LogP contribution in [0.25, 0.3) is 0 Å². The average molecular weight is 395 g/mol. The summed E-state index contributed by atoms with van der Waals surface area (Å²) >= 11 is 1.41. The number of ether oxygens (including phenoxy) is 1. The van der Waals surface area contributed by atoms with E-state index in [1.807, 2.05) is 67.1 Å². The molecule has 28 heavy (non-hydrogen) atoms. The van der Waals surface area contributed by atoms with Gasteiger partial charge in [0.2, 0.25) is 11.1 Å². The fourth-order valence-electron chi connectivity index (χ4n) is 3.16. The van der Waals surface area contributed by atoms with Crippen molar-refractivity contribution in [1.29, 1.82) is 0 Å². The molecule has 2 aromatic carbocycles. The van der Waals surface area contributed by atoms with Crippen LogP contribution in [0.1, 0.15) is 23.0 Å². The lowest BCUT2D eigenvalue weighted by molar-refractivity contribution is -0.116. The molecule has 2 heterocycles. The highest BCUT2D eigenvalue weighted by Crippen LogP contribution is 2.37. The van der Waals surface area contributed by atoms with E-state index in [1.165, 1.54) is 11.8 Å². The normalized spacial score (nSPS) is 18.1. The highest BCUT2D eigenvalue weighted by atomic mass is 32.2. The molecule has 4 rings (SSSR count). The van der Waals surface area contributed by atoms with E-state index in [4.69, 9.17) is 4.74 Å². The number of fused-ring (bicyclic) bond motifs is 1. The molecule has 7 nitrogen and oxygen atoms in total. The number of methoxy groups -OCH3 is 1.